The molecule has 1 heterocycles. The number of rotatable bonds is 4. The highest BCUT2D eigenvalue weighted by Crippen LogP contribution is 2.15. The van der Waals surface area contributed by atoms with Crippen LogP contribution in [0.2, 0.25) is 5.02 Å². The third-order valence-corrected chi connectivity index (χ3v) is 3.29. The molecule has 4 nitrogen and oxygen atoms in total. The smallest absolute Gasteiger partial charge is 0.303 e. The first-order chi connectivity index (χ1) is 9.47. The molecule has 1 aromatic heterocycles. The molecule has 0 aliphatic carbocycles. The van der Waals surface area contributed by atoms with E-state index < -0.39 is 5.97 Å². The maximum atomic E-state index is 11.9. The standard InChI is InChI=1S/C15H14ClNO3/c1-10-8-14(18)11(2-7-15(19)20)9-17(10)13-5-3-12(16)4-6-13/h3-6,8-9H,2,7H2,1H3,(H,19,20). The van der Waals surface area contributed by atoms with Crippen LogP contribution in [0.5, 0.6) is 0 Å². The number of aromatic nitrogens is 1. The van der Waals surface area contributed by atoms with Crippen LogP contribution in [0.1, 0.15) is 17.7 Å². The van der Waals surface area contributed by atoms with E-state index in [1.165, 1.54) is 6.07 Å². The topological polar surface area (TPSA) is 59.3 Å². The molecule has 2 aromatic rings. The fourth-order valence-corrected chi connectivity index (χ4v) is 2.11. The van der Waals surface area contributed by atoms with Crippen LogP contribution >= 0.6 is 11.6 Å². The Morgan fingerprint density at radius 1 is 1.30 bits per heavy atom. The Bertz CT molecular complexity index is 689. The van der Waals surface area contributed by atoms with Gasteiger partial charge in [0.1, 0.15) is 0 Å². The quantitative estimate of drug-likeness (QED) is 0.942. The van der Waals surface area contributed by atoms with E-state index in [0.29, 0.717) is 10.6 Å². The van der Waals surface area contributed by atoms with Crippen molar-refractivity contribution in [2.45, 2.75) is 19.8 Å². The molecule has 0 amide bonds. The molecule has 0 aliphatic heterocycles. The number of aryl methyl sites for hydroxylation is 2. The molecule has 0 atom stereocenters. The molecule has 0 aliphatic rings. The number of aliphatic carboxylic acids is 1. The minimum atomic E-state index is -0.914. The lowest BCUT2D eigenvalue weighted by Crippen LogP contribution is -2.15. The molecule has 104 valence electrons. The number of nitrogens with zero attached hydrogens (tertiary/aromatic N) is 1. The Kier molecular flexibility index (Phi) is 4.25. The molecule has 0 saturated heterocycles. The monoisotopic (exact) mass is 291 g/mol. The Balaban J connectivity index is 2.42. The van der Waals surface area contributed by atoms with Gasteiger partial charge in [-0.1, -0.05) is 11.6 Å². The summed E-state index contributed by atoms with van der Waals surface area (Å²) in [6.45, 7) is 1.83. The Morgan fingerprint density at radius 2 is 1.95 bits per heavy atom. The fraction of sp³-hybridized carbons (Fsp3) is 0.200. The molecular formula is C15H14ClNO3. The van der Waals surface area contributed by atoms with E-state index in [1.54, 1.807) is 18.3 Å². The SMILES string of the molecule is Cc1cc(=O)c(CCC(=O)O)cn1-c1ccc(Cl)cc1. The van der Waals surface area contributed by atoms with Gasteiger partial charge in [0.2, 0.25) is 0 Å². The summed E-state index contributed by atoms with van der Waals surface area (Å²) in [6, 6.07) is 8.75. The summed E-state index contributed by atoms with van der Waals surface area (Å²) in [5.74, 6) is -0.914. The minimum absolute atomic E-state index is 0.0566. The highest BCUT2D eigenvalue weighted by atomic mass is 35.5. The molecule has 0 radical (unpaired) electrons. The number of pyridine rings is 1. The van der Waals surface area contributed by atoms with Crippen molar-refractivity contribution in [3.05, 3.63) is 63.0 Å². The number of carboxylic acid groups (broad SMARTS) is 1. The normalized spacial score (nSPS) is 10.5. The van der Waals surface area contributed by atoms with Crippen molar-refractivity contribution in [1.29, 1.82) is 0 Å². The van der Waals surface area contributed by atoms with Gasteiger partial charge in [-0.05, 0) is 37.6 Å². The summed E-state index contributed by atoms with van der Waals surface area (Å²) in [6.07, 6.45) is 1.87. The summed E-state index contributed by atoms with van der Waals surface area (Å²) in [5, 5.41) is 9.35. The van der Waals surface area contributed by atoms with Crippen molar-refractivity contribution in [2.75, 3.05) is 0 Å². The molecule has 0 saturated carbocycles. The Hall–Kier alpha value is -2.07. The summed E-state index contributed by atoms with van der Waals surface area (Å²) in [5.41, 5.74) is 2.03. The largest absolute Gasteiger partial charge is 0.481 e. The van der Waals surface area contributed by atoms with E-state index in [0.717, 1.165) is 11.4 Å². The lowest BCUT2D eigenvalue weighted by atomic mass is 10.1. The predicted molar refractivity (Wildman–Crippen MR) is 77.7 cm³/mol. The molecule has 1 N–H and O–H groups in total. The summed E-state index contributed by atoms with van der Waals surface area (Å²) in [4.78, 5) is 22.5. The zero-order valence-electron chi connectivity index (χ0n) is 11.0. The van der Waals surface area contributed by atoms with Crippen molar-refractivity contribution in [3.63, 3.8) is 0 Å². The molecule has 5 heteroatoms. The van der Waals surface area contributed by atoms with Crippen molar-refractivity contribution in [3.8, 4) is 5.69 Å². The third kappa shape index (κ3) is 3.27. The first-order valence-electron chi connectivity index (χ1n) is 6.17. The van der Waals surface area contributed by atoms with Crippen LogP contribution in [0.3, 0.4) is 0 Å². The van der Waals surface area contributed by atoms with Crippen LogP contribution in [0.4, 0.5) is 0 Å². The minimum Gasteiger partial charge on any atom is -0.481 e. The molecule has 0 bridgehead atoms. The molecular weight excluding hydrogens is 278 g/mol. The van der Waals surface area contributed by atoms with Gasteiger partial charge < -0.3 is 9.67 Å². The number of hydrogen-bond acceptors (Lipinski definition) is 2. The van der Waals surface area contributed by atoms with Crippen LogP contribution < -0.4 is 5.43 Å². The number of benzene rings is 1. The van der Waals surface area contributed by atoms with Gasteiger partial charge in [0.25, 0.3) is 0 Å². The first-order valence-corrected chi connectivity index (χ1v) is 6.55. The average Bonchev–Trinajstić information content (AvgIpc) is 2.39. The maximum Gasteiger partial charge on any atom is 0.303 e. The van der Waals surface area contributed by atoms with E-state index in [9.17, 15) is 9.59 Å². The molecule has 20 heavy (non-hydrogen) atoms. The van der Waals surface area contributed by atoms with Gasteiger partial charge in [0.15, 0.2) is 5.43 Å². The van der Waals surface area contributed by atoms with Gasteiger partial charge in [-0.2, -0.15) is 0 Å². The zero-order valence-corrected chi connectivity index (χ0v) is 11.7. The van der Waals surface area contributed by atoms with Crippen LogP contribution in [-0.4, -0.2) is 15.6 Å². The molecule has 2 rings (SSSR count). The second-order valence-corrected chi connectivity index (χ2v) is 4.98. The number of hydrogen-bond donors (Lipinski definition) is 1. The van der Waals surface area contributed by atoms with Crippen molar-refractivity contribution < 1.29 is 9.90 Å². The highest BCUT2D eigenvalue weighted by Gasteiger charge is 2.07. The van der Waals surface area contributed by atoms with Gasteiger partial charge in [-0.25, -0.2) is 0 Å². The van der Waals surface area contributed by atoms with Gasteiger partial charge in [0.05, 0.1) is 0 Å². The predicted octanol–water partition coefficient (Wildman–Crippen LogP) is 2.82. The average molecular weight is 292 g/mol. The Labute approximate surface area is 121 Å². The van der Waals surface area contributed by atoms with E-state index in [2.05, 4.69) is 0 Å². The third-order valence-electron chi connectivity index (χ3n) is 3.03. The van der Waals surface area contributed by atoms with Crippen LogP contribution in [0.25, 0.3) is 5.69 Å². The lowest BCUT2D eigenvalue weighted by molar-refractivity contribution is -0.136. The maximum absolute atomic E-state index is 11.9. The number of carbonyl (C=O) groups is 1. The zero-order chi connectivity index (χ0) is 14.7. The summed E-state index contributed by atoms with van der Waals surface area (Å²) < 4.78 is 1.86. The van der Waals surface area contributed by atoms with Gasteiger partial charge in [-0.3, -0.25) is 9.59 Å². The van der Waals surface area contributed by atoms with Gasteiger partial charge in [-0.15, -0.1) is 0 Å². The molecule has 0 fully saturated rings. The van der Waals surface area contributed by atoms with Gasteiger partial charge >= 0.3 is 5.97 Å². The highest BCUT2D eigenvalue weighted by molar-refractivity contribution is 6.30. The molecule has 0 spiro atoms. The van der Waals surface area contributed by atoms with E-state index in [4.69, 9.17) is 16.7 Å². The fourth-order valence-electron chi connectivity index (χ4n) is 1.98. The van der Waals surface area contributed by atoms with Crippen LogP contribution in [0, 0.1) is 6.92 Å². The van der Waals surface area contributed by atoms with E-state index in [-0.39, 0.29) is 18.3 Å². The second kappa shape index (κ2) is 5.92. The number of carboxylic acids is 1. The molecule has 0 unspecified atom stereocenters. The van der Waals surface area contributed by atoms with Crippen molar-refractivity contribution in [1.82, 2.24) is 4.57 Å². The molecule has 1 aromatic carbocycles. The summed E-state index contributed by atoms with van der Waals surface area (Å²) in [7, 11) is 0. The Morgan fingerprint density at radius 3 is 2.55 bits per heavy atom. The van der Waals surface area contributed by atoms with Crippen LogP contribution in [0.15, 0.2) is 41.3 Å². The van der Waals surface area contributed by atoms with Crippen molar-refractivity contribution in [2.24, 2.45) is 0 Å². The van der Waals surface area contributed by atoms with Crippen molar-refractivity contribution >= 4 is 17.6 Å². The first kappa shape index (κ1) is 14.3. The second-order valence-electron chi connectivity index (χ2n) is 4.54. The summed E-state index contributed by atoms with van der Waals surface area (Å²) >= 11 is 5.86. The van der Waals surface area contributed by atoms with Gasteiger partial charge in [0, 0.05) is 40.7 Å². The van der Waals surface area contributed by atoms with Crippen LogP contribution in [-0.2, 0) is 11.2 Å². The number of halogens is 1. The lowest BCUT2D eigenvalue weighted by Gasteiger charge is -2.12. The van der Waals surface area contributed by atoms with E-state index in [1.807, 2.05) is 23.6 Å². The van der Waals surface area contributed by atoms with E-state index >= 15 is 0 Å².